The van der Waals surface area contributed by atoms with E-state index in [0.717, 1.165) is 16.8 Å². The first-order chi connectivity index (χ1) is 7.59. The number of nitrogens with zero attached hydrogens (tertiary/aromatic N) is 1. The molecule has 0 spiro atoms. The summed E-state index contributed by atoms with van der Waals surface area (Å²) in [5.74, 6) is -0.374. The Morgan fingerprint density at radius 3 is 2.69 bits per heavy atom. The molecule has 1 heterocycles. The third-order valence-electron chi connectivity index (χ3n) is 2.53. The molecule has 2 aromatic rings. The number of carbonyl (C=O) groups is 1. The summed E-state index contributed by atoms with van der Waals surface area (Å²) in [6, 6.07) is 8.11. The normalized spacial score (nSPS) is 10.4. The van der Waals surface area contributed by atoms with Gasteiger partial charge in [0.1, 0.15) is 5.82 Å². The van der Waals surface area contributed by atoms with E-state index in [1.54, 1.807) is 18.3 Å². The third-order valence-corrected chi connectivity index (χ3v) is 2.53. The first-order valence-electron chi connectivity index (χ1n) is 5.04. The lowest BCUT2D eigenvalue weighted by Gasteiger charge is -2.07. The zero-order chi connectivity index (χ0) is 11.7. The standard InChI is InChI=1S/C13H12FNO/c1-9-6-7-15(10(2)16)13(9)11-4-3-5-12(14)8-11/h3-8H,1-2H3. The van der Waals surface area contributed by atoms with Crippen molar-refractivity contribution in [3.05, 3.63) is 47.9 Å². The van der Waals surface area contributed by atoms with Crippen LogP contribution >= 0.6 is 0 Å². The Morgan fingerprint density at radius 2 is 2.06 bits per heavy atom. The Bertz CT molecular complexity index is 543. The van der Waals surface area contributed by atoms with Crippen molar-refractivity contribution in [3.63, 3.8) is 0 Å². The highest BCUT2D eigenvalue weighted by molar-refractivity contribution is 5.83. The van der Waals surface area contributed by atoms with Gasteiger partial charge in [0.05, 0.1) is 5.69 Å². The van der Waals surface area contributed by atoms with Crippen molar-refractivity contribution in [3.8, 4) is 11.3 Å². The van der Waals surface area contributed by atoms with Gasteiger partial charge in [0, 0.05) is 18.7 Å². The fourth-order valence-corrected chi connectivity index (χ4v) is 1.79. The van der Waals surface area contributed by atoms with Crippen molar-refractivity contribution in [2.24, 2.45) is 0 Å². The van der Waals surface area contributed by atoms with Crippen LogP contribution in [0.3, 0.4) is 0 Å². The molecule has 0 radical (unpaired) electrons. The lowest BCUT2D eigenvalue weighted by molar-refractivity contribution is 0.0938. The van der Waals surface area contributed by atoms with E-state index in [1.165, 1.54) is 23.6 Å². The molecule has 1 aromatic heterocycles. The third kappa shape index (κ3) is 1.76. The molecular formula is C13H12FNO. The molecule has 0 saturated heterocycles. The van der Waals surface area contributed by atoms with Gasteiger partial charge in [-0.2, -0.15) is 0 Å². The molecule has 0 aliphatic rings. The maximum atomic E-state index is 13.1. The monoisotopic (exact) mass is 217 g/mol. The van der Waals surface area contributed by atoms with Crippen molar-refractivity contribution in [2.45, 2.75) is 13.8 Å². The highest BCUT2D eigenvalue weighted by atomic mass is 19.1. The van der Waals surface area contributed by atoms with Gasteiger partial charge >= 0.3 is 0 Å². The van der Waals surface area contributed by atoms with Crippen LogP contribution in [-0.4, -0.2) is 10.5 Å². The second-order valence-electron chi connectivity index (χ2n) is 3.75. The van der Waals surface area contributed by atoms with E-state index in [4.69, 9.17) is 0 Å². The van der Waals surface area contributed by atoms with Crippen LogP contribution in [0.5, 0.6) is 0 Å². The Hall–Kier alpha value is -1.90. The van der Waals surface area contributed by atoms with E-state index in [9.17, 15) is 9.18 Å². The molecule has 1 aromatic carbocycles. The van der Waals surface area contributed by atoms with Gasteiger partial charge in [0.2, 0.25) is 5.91 Å². The minimum absolute atomic E-state index is 0.0765. The molecule has 0 unspecified atom stereocenters. The molecule has 0 N–H and O–H groups in total. The number of benzene rings is 1. The Labute approximate surface area is 93.3 Å². The average molecular weight is 217 g/mol. The van der Waals surface area contributed by atoms with E-state index >= 15 is 0 Å². The first kappa shape index (κ1) is 10.6. The molecule has 0 saturated carbocycles. The fourth-order valence-electron chi connectivity index (χ4n) is 1.79. The van der Waals surface area contributed by atoms with Crippen molar-refractivity contribution in [1.82, 2.24) is 4.57 Å². The molecule has 3 heteroatoms. The number of hydrogen-bond acceptors (Lipinski definition) is 1. The van der Waals surface area contributed by atoms with E-state index in [2.05, 4.69) is 0 Å². The highest BCUT2D eigenvalue weighted by Crippen LogP contribution is 2.24. The molecule has 82 valence electrons. The molecule has 2 nitrogen and oxygen atoms in total. The topological polar surface area (TPSA) is 22.0 Å². The molecular weight excluding hydrogens is 205 g/mol. The molecule has 0 atom stereocenters. The first-order valence-corrected chi connectivity index (χ1v) is 5.04. The highest BCUT2D eigenvalue weighted by Gasteiger charge is 2.11. The largest absolute Gasteiger partial charge is 0.287 e. The second-order valence-corrected chi connectivity index (χ2v) is 3.75. The van der Waals surface area contributed by atoms with Gasteiger partial charge in [-0.3, -0.25) is 9.36 Å². The summed E-state index contributed by atoms with van der Waals surface area (Å²) in [5.41, 5.74) is 2.44. The van der Waals surface area contributed by atoms with Crippen LogP contribution in [0.25, 0.3) is 11.3 Å². The number of carbonyl (C=O) groups excluding carboxylic acids is 1. The van der Waals surface area contributed by atoms with Crippen LogP contribution < -0.4 is 0 Å². The van der Waals surface area contributed by atoms with Crippen molar-refractivity contribution < 1.29 is 9.18 Å². The van der Waals surface area contributed by atoms with E-state index in [1.807, 2.05) is 13.0 Å². The molecule has 0 aliphatic carbocycles. The van der Waals surface area contributed by atoms with Crippen LogP contribution in [0.2, 0.25) is 0 Å². The van der Waals surface area contributed by atoms with Gasteiger partial charge in [0.15, 0.2) is 0 Å². The Balaban J connectivity index is 2.63. The van der Waals surface area contributed by atoms with E-state index in [-0.39, 0.29) is 11.7 Å². The predicted molar refractivity (Wildman–Crippen MR) is 60.9 cm³/mol. The number of hydrogen-bond donors (Lipinski definition) is 0. The summed E-state index contributed by atoms with van der Waals surface area (Å²) in [6.07, 6.45) is 1.71. The minimum atomic E-state index is -0.298. The summed E-state index contributed by atoms with van der Waals surface area (Å²) >= 11 is 0. The van der Waals surface area contributed by atoms with E-state index < -0.39 is 0 Å². The van der Waals surface area contributed by atoms with Gasteiger partial charge in [0.25, 0.3) is 0 Å². The number of rotatable bonds is 1. The van der Waals surface area contributed by atoms with Gasteiger partial charge in [-0.1, -0.05) is 12.1 Å². The van der Waals surface area contributed by atoms with Crippen LogP contribution in [0.1, 0.15) is 17.3 Å². The zero-order valence-electron chi connectivity index (χ0n) is 9.20. The van der Waals surface area contributed by atoms with E-state index in [0.29, 0.717) is 0 Å². The smallest absolute Gasteiger partial charge is 0.227 e. The molecule has 0 aliphatic heterocycles. The van der Waals surface area contributed by atoms with Gasteiger partial charge < -0.3 is 0 Å². The molecule has 0 amide bonds. The summed E-state index contributed by atoms with van der Waals surface area (Å²) in [5, 5.41) is 0. The molecule has 16 heavy (non-hydrogen) atoms. The van der Waals surface area contributed by atoms with Gasteiger partial charge in [-0.05, 0) is 30.7 Å². The maximum Gasteiger partial charge on any atom is 0.227 e. The quantitative estimate of drug-likeness (QED) is 0.718. The Morgan fingerprint density at radius 1 is 1.31 bits per heavy atom. The van der Waals surface area contributed by atoms with Crippen LogP contribution in [0.4, 0.5) is 4.39 Å². The lowest BCUT2D eigenvalue weighted by atomic mass is 10.1. The van der Waals surface area contributed by atoms with Crippen LogP contribution in [-0.2, 0) is 0 Å². The molecule has 0 bridgehead atoms. The SMILES string of the molecule is CC(=O)n1ccc(C)c1-c1cccc(F)c1. The number of aromatic nitrogens is 1. The zero-order valence-corrected chi connectivity index (χ0v) is 9.20. The number of halogens is 1. The summed E-state index contributed by atoms with van der Waals surface area (Å²) in [4.78, 5) is 11.4. The predicted octanol–water partition coefficient (Wildman–Crippen LogP) is 3.26. The van der Waals surface area contributed by atoms with Gasteiger partial charge in [-0.15, -0.1) is 0 Å². The lowest BCUT2D eigenvalue weighted by Crippen LogP contribution is -2.06. The Kier molecular flexibility index (Phi) is 2.60. The van der Waals surface area contributed by atoms with Crippen molar-refractivity contribution in [1.29, 1.82) is 0 Å². The van der Waals surface area contributed by atoms with Crippen LogP contribution in [0.15, 0.2) is 36.5 Å². The summed E-state index contributed by atoms with van der Waals surface area (Å²) < 4.78 is 14.7. The van der Waals surface area contributed by atoms with Gasteiger partial charge in [-0.25, -0.2) is 4.39 Å². The fraction of sp³-hybridized carbons (Fsp3) is 0.154. The average Bonchev–Trinajstić information content (AvgIpc) is 2.60. The van der Waals surface area contributed by atoms with Crippen molar-refractivity contribution >= 4 is 5.91 Å². The second kappa shape index (κ2) is 3.93. The van der Waals surface area contributed by atoms with Crippen LogP contribution in [0, 0.1) is 12.7 Å². The molecule has 0 fully saturated rings. The summed E-state index contributed by atoms with van der Waals surface area (Å²) in [6.45, 7) is 3.39. The minimum Gasteiger partial charge on any atom is -0.287 e. The molecule has 2 rings (SSSR count). The maximum absolute atomic E-state index is 13.1. The van der Waals surface area contributed by atoms with Crippen molar-refractivity contribution in [2.75, 3.05) is 0 Å². The summed E-state index contributed by atoms with van der Waals surface area (Å²) in [7, 11) is 0. The number of aryl methyl sites for hydroxylation is 1.